The molecular formula is C26H23NO9. The van der Waals surface area contributed by atoms with Gasteiger partial charge in [-0.2, -0.15) is 0 Å². The fraction of sp³-hybridized carbons (Fsp3) is 0.269. The Kier molecular flexibility index (Phi) is 6.92. The second kappa shape index (κ2) is 10.4. The molecule has 0 aromatic heterocycles. The molecule has 10 heteroatoms. The lowest BCUT2D eigenvalue weighted by Crippen LogP contribution is -2.64. The average molecular weight is 493 g/mol. The Bertz CT molecular complexity index is 1190. The maximum Gasteiger partial charge on any atom is 0.338 e. The molecule has 3 aromatic rings. The first-order valence-electron chi connectivity index (χ1n) is 11.3. The maximum atomic E-state index is 12.8. The molecule has 2 saturated heterocycles. The summed E-state index contributed by atoms with van der Waals surface area (Å²) in [5.74, 6) is -0.442. The molecule has 2 fully saturated rings. The highest BCUT2D eigenvalue weighted by Crippen LogP contribution is 2.36. The first-order valence-corrected chi connectivity index (χ1v) is 11.3. The molecule has 3 aromatic carbocycles. The molecule has 2 aliphatic rings. The van der Waals surface area contributed by atoms with Gasteiger partial charge in [0.1, 0.15) is 24.1 Å². The molecule has 1 N–H and O–H groups in total. The Hall–Kier alpha value is -3.83. The third kappa shape index (κ3) is 5.07. The number of aliphatic hydroxyl groups is 1. The van der Waals surface area contributed by atoms with Crippen molar-refractivity contribution in [2.24, 2.45) is 0 Å². The Morgan fingerprint density at radius 1 is 0.944 bits per heavy atom. The van der Waals surface area contributed by atoms with E-state index in [2.05, 4.69) is 0 Å². The van der Waals surface area contributed by atoms with Crippen LogP contribution in [0.1, 0.15) is 22.2 Å². The molecule has 0 saturated carbocycles. The minimum absolute atomic E-state index is 0.0980. The van der Waals surface area contributed by atoms with E-state index in [9.17, 15) is 20.0 Å². The van der Waals surface area contributed by atoms with Gasteiger partial charge in [-0.25, -0.2) is 4.79 Å². The fourth-order valence-corrected chi connectivity index (χ4v) is 4.11. The van der Waals surface area contributed by atoms with Gasteiger partial charge in [0, 0.05) is 17.7 Å². The van der Waals surface area contributed by atoms with Crippen LogP contribution in [0.2, 0.25) is 0 Å². The number of rotatable bonds is 6. The van der Waals surface area contributed by atoms with Crippen LogP contribution >= 0.6 is 0 Å². The summed E-state index contributed by atoms with van der Waals surface area (Å²) in [6, 6.07) is 22.9. The Balaban J connectivity index is 1.38. The van der Waals surface area contributed by atoms with E-state index < -0.39 is 47.9 Å². The number of nitrogens with zero attached hydrogens (tertiary/aromatic N) is 1. The molecule has 36 heavy (non-hydrogen) atoms. The number of benzene rings is 3. The largest absolute Gasteiger partial charge is 0.461 e. The summed E-state index contributed by atoms with van der Waals surface area (Å²) < 4.78 is 29.4. The van der Waals surface area contributed by atoms with Gasteiger partial charge in [0.15, 0.2) is 12.4 Å². The van der Waals surface area contributed by atoms with E-state index in [1.807, 2.05) is 30.3 Å². The van der Waals surface area contributed by atoms with Crippen LogP contribution in [0.4, 0.5) is 5.69 Å². The van der Waals surface area contributed by atoms with Crippen molar-refractivity contribution in [1.82, 2.24) is 0 Å². The zero-order valence-electron chi connectivity index (χ0n) is 18.9. The topological polar surface area (TPSA) is 127 Å². The van der Waals surface area contributed by atoms with Crippen molar-refractivity contribution in [2.75, 3.05) is 6.61 Å². The van der Waals surface area contributed by atoms with E-state index in [4.69, 9.17) is 23.7 Å². The van der Waals surface area contributed by atoms with Crippen LogP contribution in [-0.2, 0) is 18.9 Å². The average Bonchev–Trinajstić information content (AvgIpc) is 2.92. The van der Waals surface area contributed by atoms with E-state index in [1.165, 1.54) is 24.3 Å². The first-order chi connectivity index (χ1) is 17.5. The van der Waals surface area contributed by atoms with Gasteiger partial charge in [-0.15, -0.1) is 0 Å². The van der Waals surface area contributed by atoms with Crippen molar-refractivity contribution in [3.05, 3.63) is 106 Å². The van der Waals surface area contributed by atoms with Gasteiger partial charge in [-0.1, -0.05) is 48.5 Å². The summed E-state index contributed by atoms with van der Waals surface area (Å²) >= 11 is 0. The van der Waals surface area contributed by atoms with Crippen LogP contribution in [0.5, 0.6) is 5.75 Å². The molecule has 186 valence electrons. The van der Waals surface area contributed by atoms with E-state index in [0.29, 0.717) is 0 Å². The zero-order valence-corrected chi connectivity index (χ0v) is 18.9. The number of hydrogen-bond donors (Lipinski definition) is 1. The van der Waals surface area contributed by atoms with E-state index >= 15 is 0 Å². The third-order valence-corrected chi connectivity index (χ3v) is 5.93. The molecule has 5 rings (SSSR count). The van der Waals surface area contributed by atoms with Gasteiger partial charge in [0.2, 0.25) is 6.29 Å². The highest BCUT2D eigenvalue weighted by molar-refractivity contribution is 5.89. The molecule has 0 spiro atoms. The molecule has 0 unspecified atom stereocenters. The van der Waals surface area contributed by atoms with Crippen LogP contribution < -0.4 is 4.74 Å². The molecule has 2 heterocycles. The van der Waals surface area contributed by atoms with Crippen molar-refractivity contribution < 1.29 is 38.5 Å². The summed E-state index contributed by atoms with van der Waals surface area (Å²) in [5.41, 5.74) is 0.946. The standard InChI is InChI=1S/C26H23NO9/c28-21-22-20(15-32-25(36-22)17-9-5-2-6-10-17)34-26(33-19-13-11-18(12-14-19)27(30)31)23(21)35-24(29)16-7-3-1-4-8-16/h1-14,20-23,25-26,28H,15H2/t20-,21+,22-,23+,25-,26+/m1/s1. The van der Waals surface area contributed by atoms with Crippen LogP contribution in [0.3, 0.4) is 0 Å². The van der Waals surface area contributed by atoms with E-state index in [1.54, 1.807) is 30.3 Å². The van der Waals surface area contributed by atoms with Gasteiger partial charge in [0.05, 0.1) is 17.1 Å². The Labute approximate surface area is 206 Å². The second-order valence-corrected chi connectivity index (χ2v) is 8.31. The molecule has 0 bridgehead atoms. The van der Waals surface area contributed by atoms with Gasteiger partial charge in [-0.3, -0.25) is 10.1 Å². The summed E-state index contributed by atoms with van der Waals surface area (Å²) in [5, 5.41) is 22.2. The van der Waals surface area contributed by atoms with Crippen LogP contribution in [0.15, 0.2) is 84.9 Å². The molecule has 2 aliphatic heterocycles. The predicted molar refractivity (Wildman–Crippen MR) is 124 cm³/mol. The fourth-order valence-electron chi connectivity index (χ4n) is 4.11. The summed E-state index contributed by atoms with van der Waals surface area (Å²) in [6.07, 6.45) is -6.11. The Morgan fingerprint density at radius 3 is 2.28 bits per heavy atom. The van der Waals surface area contributed by atoms with Crippen molar-refractivity contribution in [3.63, 3.8) is 0 Å². The van der Waals surface area contributed by atoms with Crippen molar-refractivity contribution in [2.45, 2.75) is 37.0 Å². The Morgan fingerprint density at radius 2 is 1.61 bits per heavy atom. The molecule has 0 radical (unpaired) electrons. The van der Waals surface area contributed by atoms with Crippen molar-refractivity contribution in [3.8, 4) is 5.75 Å². The maximum absolute atomic E-state index is 12.8. The molecule has 0 amide bonds. The number of ether oxygens (including phenoxy) is 5. The van der Waals surface area contributed by atoms with Crippen molar-refractivity contribution >= 4 is 11.7 Å². The summed E-state index contributed by atoms with van der Waals surface area (Å²) in [6.45, 7) is 0.0980. The van der Waals surface area contributed by atoms with Crippen molar-refractivity contribution in [1.29, 1.82) is 0 Å². The van der Waals surface area contributed by atoms with Gasteiger partial charge >= 0.3 is 5.97 Å². The lowest BCUT2D eigenvalue weighted by Gasteiger charge is -2.47. The minimum atomic E-state index is -1.31. The van der Waals surface area contributed by atoms with Crippen LogP contribution in [0.25, 0.3) is 0 Å². The molecule has 6 atom stereocenters. The highest BCUT2D eigenvalue weighted by Gasteiger charge is 2.52. The normalized spacial score (nSPS) is 27.5. The van der Waals surface area contributed by atoms with Crippen LogP contribution in [-0.4, -0.2) is 53.3 Å². The van der Waals surface area contributed by atoms with Gasteiger partial charge < -0.3 is 28.8 Å². The quantitative estimate of drug-likeness (QED) is 0.312. The predicted octanol–water partition coefficient (Wildman–Crippen LogP) is 3.40. The smallest absolute Gasteiger partial charge is 0.338 e. The highest BCUT2D eigenvalue weighted by atomic mass is 16.8. The monoisotopic (exact) mass is 493 g/mol. The van der Waals surface area contributed by atoms with Gasteiger partial charge in [0.25, 0.3) is 5.69 Å². The number of nitro benzene ring substituents is 1. The molecule has 0 aliphatic carbocycles. The zero-order chi connectivity index (χ0) is 25.1. The lowest BCUT2D eigenvalue weighted by molar-refractivity contribution is -0.384. The van der Waals surface area contributed by atoms with E-state index in [0.717, 1.165) is 5.56 Å². The number of nitro groups is 1. The summed E-state index contributed by atoms with van der Waals surface area (Å²) in [7, 11) is 0. The van der Waals surface area contributed by atoms with Crippen LogP contribution in [0, 0.1) is 10.1 Å². The first kappa shape index (κ1) is 23.9. The van der Waals surface area contributed by atoms with Gasteiger partial charge in [-0.05, 0) is 24.3 Å². The number of hydrogen-bond acceptors (Lipinski definition) is 9. The third-order valence-electron chi connectivity index (χ3n) is 5.93. The number of esters is 1. The number of carbonyl (C=O) groups excluding carboxylic acids is 1. The minimum Gasteiger partial charge on any atom is -0.461 e. The number of non-ortho nitro benzene ring substituents is 1. The number of fused-ring (bicyclic) bond motifs is 1. The second-order valence-electron chi connectivity index (χ2n) is 8.31. The SMILES string of the molecule is O=C(O[C@@H]1[C@@H](Oc2ccc([N+](=O)[O-])cc2)O[C@@H]2CO[C@@H](c3ccccc3)O[C@H]2[C@@H]1O)c1ccccc1. The number of aliphatic hydroxyl groups excluding tert-OH is 1. The summed E-state index contributed by atoms with van der Waals surface area (Å²) in [4.78, 5) is 23.3. The molecule has 10 nitrogen and oxygen atoms in total. The number of carbonyl (C=O) groups is 1. The molecular weight excluding hydrogens is 470 g/mol. The lowest BCUT2D eigenvalue weighted by atomic mass is 9.97. The van der Waals surface area contributed by atoms with E-state index in [-0.39, 0.29) is 23.6 Å².